The number of hydrogen-bond donors (Lipinski definition) is 1. The summed E-state index contributed by atoms with van der Waals surface area (Å²) >= 11 is 0. The smallest absolute Gasteiger partial charge is 0.0785 e. The van der Waals surface area contributed by atoms with E-state index < -0.39 is 0 Å². The highest BCUT2D eigenvalue weighted by atomic mass is 16.5. The standard InChI is InChI=1S/C15H23NO2/c1-11(10-17-2)18-14-9-5-7-12-6-3-4-8-13(12)15(14)16/h3-4,6,8,11,14-15H,5,7,9-10,16H2,1-2H3. The van der Waals surface area contributed by atoms with E-state index in [4.69, 9.17) is 15.2 Å². The maximum absolute atomic E-state index is 6.37. The Morgan fingerprint density at radius 1 is 1.39 bits per heavy atom. The van der Waals surface area contributed by atoms with Crippen molar-refractivity contribution in [2.24, 2.45) is 5.73 Å². The van der Waals surface area contributed by atoms with Gasteiger partial charge in [0, 0.05) is 7.11 Å². The minimum Gasteiger partial charge on any atom is -0.382 e. The average molecular weight is 249 g/mol. The van der Waals surface area contributed by atoms with E-state index >= 15 is 0 Å². The van der Waals surface area contributed by atoms with Crippen molar-refractivity contribution in [3.8, 4) is 0 Å². The molecule has 0 fully saturated rings. The molecule has 3 heteroatoms. The van der Waals surface area contributed by atoms with Crippen LogP contribution in [0.4, 0.5) is 0 Å². The molecule has 2 N–H and O–H groups in total. The molecule has 1 aliphatic rings. The molecular weight excluding hydrogens is 226 g/mol. The Balaban J connectivity index is 2.10. The molecule has 2 rings (SSSR count). The van der Waals surface area contributed by atoms with Gasteiger partial charge in [0.2, 0.25) is 0 Å². The highest BCUT2D eigenvalue weighted by molar-refractivity contribution is 5.31. The van der Waals surface area contributed by atoms with Crippen LogP contribution in [0.15, 0.2) is 24.3 Å². The largest absolute Gasteiger partial charge is 0.382 e. The van der Waals surface area contributed by atoms with Crippen molar-refractivity contribution in [1.82, 2.24) is 0 Å². The predicted octanol–water partition coefficient (Wildman–Crippen LogP) is 2.44. The first-order valence-electron chi connectivity index (χ1n) is 6.70. The Morgan fingerprint density at radius 3 is 2.94 bits per heavy atom. The molecule has 0 saturated carbocycles. The number of nitrogens with two attached hydrogens (primary N) is 1. The molecule has 0 bridgehead atoms. The lowest BCUT2D eigenvalue weighted by Crippen LogP contribution is -2.32. The molecule has 3 atom stereocenters. The first kappa shape index (κ1) is 13.5. The van der Waals surface area contributed by atoms with E-state index in [2.05, 4.69) is 24.3 Å². The van der Waals surface area contributed by atoms with Crippen LogP contribution in [0, 0.1) is 0 Å². The fourth-order valence-corrected chi connectivity index (χ4v) is 2.69. The van der Waals surface area contributed by atoms with Gasteiger partial charge in [-0.2, -0.15) is 0 Å². The van der Waals surface area contributed by atoms with Crippen molar-refractivity contribution in [1.29, 1.82) is 0 Å². The van der Waals surface area contributed by atoms with Gasteiger partial charge in [0.1, 0.15) is 0 Å². The minimum atomic E-state index is -0.0250. The number of methoxy groups -OCH3 is 1. The summed E-state index contributed by atoms with van der Waals surface area (Å²) in [5.74, 6) is 0. The molecule has 1 aromatic rings. The minimum absolute atomic E-state index is 0.0250. The van der Waals surface area contributed by atoms with Gasteiger partial charge in [0.25, 0.3) is 0 Å². The molecular formula is C15H23NO2. The van der Waals surface area contributed by atoms with Gasteiger partial charge in [0.05, 0.1) is 24.9 Å². The van der Waals surface area contributed by atoms with Crippen LogP contribution < -0.4 is 5.73 Å². The summed E-state index contributed by atoms with van der Waals surface area (Å²) in [5, 5.41) is 0. The van der Waals surface area contributed by atoms with Crippen molar-refractivity contribution in [2.45, 2.75) is 44.4 Å². The second-order valence-corrected chi connectivity index (χ2v) is 5.06. The van der Waals surface area contributed by atoms with E-state index in [0.29, 0.717) is 6.61 Å². The van der Waals surface area contributed by atoms with Crippen molar-refractivity contribution in [3.05, 3.63) is 35.4 Å². The summed E-state index contributed by atoms with van der Waals surface area (Å²) in [6.07, 6.45) is 3.44. The topological polar surface area (TPSA) is 44.5 Å². The van der Waals surface area contributed by atoms with Gasteiger partial charge in [-0.3, -0.25) is 0 Å². The molecule has 0 spiro atoms. The number of aryl methyl sites for hydroxylation is 1. The summed E-state index contributed by atoms with van der Waals surface area (Å²) in [7, 11) is 1.70. The maximum atomic E-state index is 6.37. The molecule has 0 radical (unpaired) electrons. The van der Waals surface area contributed by atoms with Crippen LogP contribution in [0.3, 0.4) is 0 Å². The zero-order valence-electron chi connectivity index (χ0n) is 11.3. The van der Waals surface area contributed by atoms with Crippen LogP contribution >= 0.6 is 0 Å². The van der Waals surface area contributed by atoms with E-state index in [1.165, 1.54) is 11.1 Å². The molecule has 0 aliphatic heterocycles. The van der Waals surface area contributed by atoms with Crippen molar-refractivity contribution >= 4 is 0 Å². The highest BCUT2D eigenvalue weighted by Gasteiger charge is 2.26. The van der Waals surface area contributed by atoms with E-state index in [1.54, 1.807) is 7.11 Å². The number of ether oxygens (including phenoxy) is 2. The van der Waals surface area contributed by atoms with E-state index in [1.807, 2.05) is 6.92 Å². The zero-order chi connectivity index (χ0) is 13.0. The second-order valence-electron chi connectivity index (χ2n) is 5.06. The highest BCUT2D eigenvalue weighted by Crippen LogP contribution is 2.29. The van der Waals surface area contributed by atoms with Gasteiger partial charge in [-0.25, -0.2) is 0 Å². The van der Waals surface area contributed by atoms with E-state index in [0.717, 1.165) is 19.3 Å². The molecule has 0 amide bonds. The van der Waals surface area contributed by atoms with Crippen LogP contribution in [-0.4, -0.2) is 25.9 Å². The molecule has 0 heterocycles. The number of hydrogen-bond acceptors (Lipinski definition) is 3. The maximum Gasteiger partial charge on any atom is 0.0785 e. The third kappa shape index (κ3) is 3.10. The summed E-state index contributed by atoms with van der Waals surface area (Å²) in [5.41, 5.74) is 8.98. The molecule has 18 heavy (non-hydrogen) atoms. The Bertz CT molecular complexity index is 381. The second kappa shape index (κ2) is 6.32. The van der Waals surface area contributed by atoms with Gasteiger partial charge in [-0.1, -0.05) is 24.3 Å². The van der Waals surface area contributed by atoms with Crippen LogP contribution in [0.5, 0.6) is 0 Å². The van der Waals surface area contributed by atoms with Crippen molar-refractivity contribution in [3.63, 3.8) is 0 Å². The molecule has 0 aromatic heterocycles. The fourth-order valence-electron chi connectivity index (χ4n) is 2.69. The Morgan fingerprint density at radius 2 is 2.17 bits per heavy atom. The molecule has 1 aliphatic carbocycles. The first-order chi connectivity index (χ1) is 8.72. The molecule has 3 unspecified atom stereocenters. The molecule has 0 saturated heterocycles. The predicted molar refractivity (Wildman–Crippen MR) is 72.5 cm³/mol. The lowest BCUT2D eigenvalue weighted by atomic mass is 9.98. The van der Waals surface area contributed by atoms with Crippen molar-refractivity contribution < 1.29 is 9.47 Å². The number of rotatable bonds is 4. The first-order valence-corrected chi connectivity index (χ1v) is 6.70. The molecule has 1 aromatic carbocycles. The third-order valence-electron chi connectivity index (χ3n) is 3.56. The Labute approximate surface area is 109 Å². The third-order valence-corrected chi connectivity index (χ3v) is 3.56. The van der Waals surface area contributed by atoms with Crippen LogP contribution in [-0.2, 0) is 15.9 Å². The quantitative estimate of drug-likeness (QED) is 0.834. The average Bonchev–Trinajstić information content (AvgIpc) is 2.51. The summed E-state index contributed by atoms with van der Waals surface area (Å²) in [6, 6.07) is 8.42. The number of fused-ring (bicyclic) bond motifs is 1. The van der Waals surface area contributed by atoms with Gasteiger partial charge in [0.15, 0.2) is 0 Å². The van der Waals surface area contributed by atoms with Gasteiger partial charge in [-0.05, 0) is 37.3 Å². The Kier molecular flexibility index (Phi) is 4.75. The van der Waals surface area contributed by atoms with Crippen LogP contribution in [0.1, 0.15) is 36.9 Å². The molecule has 3 nitrogen and oxygen atoms in total. The fraction of sp³-hybridized carbons (Fsp3) is 0.600. The summed E-state index contributed by atoms with van der Waals surface area (Å²) in [6.45, 7) is 2.65. The van der Waals surface area contributed by atoms with E-state index in [9.17, 15) is 0 Å². The van der Waals surface area contributed by atoms with Crippen molar-refractivity contribution in [2.75, 3.05) is 13.7 Å². The van der Waals surface area contributed by atoms with E-state index in [-0.39, 0.29) is 18.2 Å². The monoisotopic (exact) mass is 249 g/mol. The van der Waals surface area contributed by atoms with Gasteiger partial charge < -0.3 is 15.2 Å². The Hall–Kier alpha value is -0.900. The summed E-state index contributed by atoms with van der Waals surface area (Å²) < 4.78 is 11.1. The van der Waals surface area contributed by atoms with Gasteiger partial charge in [-0.15, -0.1) is 0 Å². The number of benzene rings is 1. The van der Waals surface area contributed by atoms with Crippen LogP contribution in [0.25, 0.3) is 0 Å². The summed E-state index contributed by atoms with van der Waals surface area (Å²) in [4.78, 5) is 0. The SMILES string of the molecule is COCC(C)OC1CCCc2ccccc2C1N. The zero-order valence-corrected chi connectivity index (χ0v) is 11.3. The lowest BCUT2D eigenvalue weighted by molar-refractivity contribution is -0.0516. The lowest BCUT2D eigenvalue weighted by Gasteiger charge is -2.26. The van der Waals surface area contributed by atoms with Gasteiger partial charge >= 0.3 is 0 Å². The molecule has 100 valence electrons. The van der Waals surface area contributed by atoms with Crippen LogP contribution in [0.2, 0.25) is 0 Å². The normalized spacial score (nSPS) is 25.3.